The van der Waals surface area contributed by atoms with E-state index in [1.165, 1.54) is 10.4 Å². The van der Waals surface area contributed by atoms with Gasteiger partial charge in [0, 0.05) is 24.5 Å². The molecule has 0 amide bonds. The zero-order chi connectivity index (χ0) is 19.6. The number of nitrogens with one attached hydrogen (secondary N) is 2. The van der Waals surface area contributed by atoms with E-state index in [4.69, 9.17) is 0 Å². The minimum absolute atomic E-state index is 0.422. The van der Waals surface area contributed by atoms with Crippen molar-refractivity contribution in [1.29, 1.82) is 0 Å². The van der Waals surface area contributed by atoms with E-state index in [1.807, 2.05) is 7.05 Å². The number of hydrogen-bond acceptors (Lipinski definition) is 4. The topological polar surface area (TPSA) is 52.5 Å². The summed E-state index contributed by atoms with van der Waals surface area (Å²) in [5, 5.41) is 7.99. The first kappa shape index (κ1) is 21.4. The van der Waals surface area contributed by atoms with Crippen molar-refractivity contribution in [2.75, 3.05) is 26.7 Å². The van der Waals surface area contributed by atoms with Crippen LogP contribution in [0, 0.1) is 13.8 Å². The van der Waals surface area contributed by atoms with Gasteiger partial charge in [0.15, 0.2) is 5.96 Å². The number of aryl methyl sites for hydroxylation is 2. The average Bonchev–Trinajstić information content (AvgIpc) is 3.01. The molecule has 2 N–H and O–H groups in total. The van der Waals surface area contributed by atoms with Gasteiger partial charge in [-0.2, -0.15) is 0 Å². The lowest BCUT2D eigenvalue weighted by Gasteiger charge is -2.30. The van der Waals surface area contributed by atoms with E-state index in [0.29, 0.717) is 12.6 Å². The van der Waals surface area contributed by atoms with Crippen LogP contribution in [0.4, 0.5) is 0 Å². The predicted molar refractivity (Wildman–Crippen MR) is 117 cm³/mol. The second kappa shape index (κ2) is 11.0. The highest BCUT2D eigenvalue weighted by molar-refractivity contribution is 7.11. The van der Waals surface area contributed by atoms with Gasteiger partial charge in [-0.05, 0) is 38.9 Å². The fourth-order valence-electron chi connectivity index (χ4n) is 3.17. The normalized spacial score (nSPS) is 13.0. The fourth-order valence-corrected chi connectivity index (χ4v) is 4.04. The molecule has 0 bridgehead atoms. The summed E-state index contributed by atoms with van der Waals surface area (Å²) in [4.78, 5) is 12.7. The molecule has 0 spiro atoms. The van der Waals surface area contributed by atoms with E-state index in [9.17, 15) is 0 Å². The van der Waals surface area contributed by atoms with Gasteiger partial charge in [-0.15, -0.1) is 11.3 Å². The summed E-state index contributed by atoms with van der Waals surface area (Å²) in [6.07, 6.45) is 1.03. The number of guanidine groups is 1. The molecule has 2 aromatic rings. The molecule has 0 saturated heterocycles. The van der Waals surface area contributed by atoms with E-state index < -0.39 is 0 Å². The Morgan fingerprint density at radius 1 is 1.15 bits per heavy atom. The minimum atomic E-state index is 0.422. The van der Waals surface area contributed by atoms with Gasteiger partial charge in [-0.1, -0.05) is 44.2 Å². The van der Waals surface area contributed by atoms with Crippen molar-refractivity contribution in [3.8, 4) is 0 Å². The van der Waals surface area contributed by atoms with Gasteiger partial charge in [0.05, 0.1) is 12.2 Å². The van der Waals surface area contributed by atoms with Crippen LogP contribution in [-0.2, 0) is 13.0 Å². The highest BCUT2D eigenvalue weighted by Crippen LogP contribution is 2.15. The molecule has 1 atom stereocenters. The molecule has 148 valence electrons. The number of likely N-dealkylation sites (N-methyl/N-ethyl adjacent to an activating group) is 1. The van der Waals surface area contributed by atoms with Crippen molar-refractivity contribution < 1.29 is 0 Å². The largest absolute Gasteiger partial charge is 0.355 e. The van der Waals surface area contributed by atoms with Gasteiger partial charge in [-0.3, -0.25) is 9.89 Å². The maximum absolute atomic E-state index is 4.59. The highest BCUT2D eigenvalue weighted by atomic mass is 32.1. The number of benzene rings is 1. The number of nitrogens with zero attached hydrogens (tertiary/aromatic N) is 3. The SMILES string of the molecule is CCN(CC)C(CNC(=NC)NCc1nc(C)c(C)s1)Cc1ccccc1. The van der Waals surface area contributed by atoms with Crippen LogP contribution in [0.25, 0.3) is 0 Å². The Balaban J connectivity index is 1.94. The number of rotatable bonds is 9. The average molecular weight is 388 g/mol. The van der Waals surface area contributed by atoms with Crippen LogP contribution in [0.1, 0.15) is 35.0 Å². The lowest BCUT2D eigenvalue weighted by Crippen LogP contribution is -2.48. The van der Waals surface area contributed by atoms with Crippen LogP contribution < -0.4 is 10.6 Å². The van der Waals surface area contributed by atoms with E-state index >= 15 is 0 Å². The Labute approximate surface area is 167 Å². The Kier molecular flexibility index (Phi) is 8.75. The van der Waals surface area contributed by atoms with Crippen molar-refractivity contribution >= 4 is 17.3 Å². The number of aliphatic imine (C=N–C) groups is 1. The molecule has 2 rings (SSSR count). The second-order valence-electron chi connectivity index (χ2n) is 6.62. The molecular weight excluding hydrogens is 354 g/mol. The van der Waals surface area contributed by atoms with Crippen LogP contribution in [-0.4, -0.2) is 48.6 Å². The van der Waals surface area contributed by atoms with Gasteiger partial charge >= 0.3 is 0 Å². The van der Waals surface area contributed by atoms with Crippen LogP contribution in [0.5, 0.6) is 0 Å². The lowest BCUT2D eigenvalue weighted by atomic mass is 10.0. The van der Waals surface area contributed by atoms with Gasteiger partial charge < -0.3 is 10.6 Å². The Morgan fingerprint density at radius 3 is 2.41 bits per heavy atom. The Hall–Kier alpha value is -1.92. The fraction of sp³-hybridized carbons (Fsp3) is 0.524. The summed E-state index contributed by atoms with van der Waals surface area (Å²) < 4.78 is 0. The molecule has 0 saturated carbocycles. The van der Waals surface area contributed by atoms with Crippen LogP contribution in [0.15, 0.2) is 35.3 Å². The van der Waals surface area contributed by atoms with Crippen molar-refractivity contribution in [3.05, 3.63) is 51.5 Å². The third-order valence-corrected chi connectivity index (χ3v) is 5.92. The summed E-state index contributed by atoms with van der Waals surface area (Å²) in [7, 11) is 1.82. The van der Waals surface area contributed by atoms with Gasteiger partial charge in [0.2, 0.25) is 0 Å². The zero-order valence-electron chi connectivity index (χ0n) is 17.2. The standard InChI is InChI=1S/C21H33N5S/c1-6-26(7-2)19(13-18-11-9-8-10-12-18)14-23-21(22-5)24-15-20-25-16(3)17(4)27-20/h8-12,19H,6-7,13-15H2,1-5H3,(H2,22,23,24). The maximum Gasteiger partial charge on any atom is 0.191 e. The number of aromatic nitrogens is 1. The summed E-state index contributed by atoms with van der Waals surface area (Å²) in [6, 6.07) is 11.1. The van der Waals surface area contributed by atoms with Crippen LogP contribution >= 0.6 is 11.3 Å². The molecule has 1 aromatic heterocycles. The maximum atomic E-state index is 4.59. The van der Waals surface area contributed by atoms with E-state index in [-0.39, 0.29) is 0 Å². The summed E-state index contributed by atoms with van der Waals surface area (Å²) in [5.41, 5.74) is 2.48. The smallest absolute Gasteiger partial charge is 0.191 e. The van der Waals surface area contributed by atoms with Crippen LogP contribution in [0.2, 0.25) is 0 Å². The Bertz CT molecular complexity index is 687. The molecule has 6 heteroatoms. The third kappa shape index (κ3) is 6.63. The first-order valence-electron chi connectivity index (χ1n) is 9.72. The molecule has 0 aliphatic rings. The van der Waals surface area contributed by atoms with Crippen molar-refractivity contribution in [2.45, 2.75) is 46.7 Å². The monoisotopic (exact) mass is 387 g/mol. The van der Waals surface area contributed by atoms with E-state index in [1.54, 1.807) is 11.3 Å². The molecule has 27 heavy (non-hydrogen) atoms. The van der Waals surface area contributed by atoms with Gasteiger partial charge in [0.25, 0.3) is 0 Å². The second-order valence-corrected chi connectivity index (χ2v) is 7.91. The highest BCUT2D eigenvalue weighted by Gasteiger charge is 2.17. The van der Waals surface area contributed by atoms with Gasteiger partial charge in [0.1, 0.15) is 5.01 Å². The van der Waals surface area contributed by atoms with Gasteiger partial charge in [-0.25, -0.2) is 4.98 Å². The van der Waals surface area contributed by atoms with Crippen LogP contribution in [0.3, 0.4) is 0 Å². The van der Waals surface area contributed by atoms with Crippen molar-refractivity contribution in [2.24, 2.45) is 4.99 Å². The van der Waals surface area contributed by atoms with Crippen molar-refractivity contribution in [1.82, 2.24) is 20.5 Å². The molecular formula is C21H33N5S. The molecule has 0 radical (unpaired) electrons. The summed E-state index contributed by atoms with van der Waals surface area (Å²) >= 11 is 1.74. The summed E-state index contributed by atoms with van der Waals surface area (Å²) in [5.74, 6) is 0.825. The molecule has 0 aliphatic carbocycles. The first-order chi connectivity index (χ1) is 13.1. The number of thiazole rings is 1. The molecule has 1 aromatic carbocycles. The zero-order valence-corrected chi connectivity index (χ0v) is 18.1. The minimum Gasteiger partial charge on any atom is -0.355 e. The number of hydrogen-bond donors (Lipinski definition) is 2. The first-order valence-corrected chi connectivity index (χ1v) is 10.5. The van der Waals surface area contributed by atoms with E-state index in [0.717, 1.165) is 42.7 Å². The quantitative estimate of drug-likeness (QED) is 0.512. The summed E-state index contributed by atoms with van der Waals surface area (Å²) in [6.45, 7) is 12.3. The van der Waals surface area contributed by atoms with E-state index in [2.05, 4.69) is 83.5 Å². The molecule has 5 nitrogen and oxygen atoms in total. The molecule has 1 heterocycles. The lowest BCUT2D eigenvalue weighted by molar-refractivity contribution is 0.215. The molecule has 1 unspecified atom stereocenters. The molecule has 0 aliphatic heterocycles. The Morgan fingerprint density at radius 2 is 1.85 bits per heavy atom. The van der Waals surface area contributed by atoms with Crippen molar-refractivity contribution in [3.63, 3.8) is 0 Å². The predicted octanol–water partition coefficient (Wildman–Crippen LogP) is 3.38. The molecule has 0 fully saturated rings. The third-order valence-electron chi connectivity index (χ3n) is 4.85.